The molecule has 0 bridgehead atoms. The Morgan fingerprint density at radius 2 is 1.73 bits per heavy atom. The van der Waals surface area contributed by atoms with Gasteiger partial charge in [-0.05, 0) is 36.0 Å². The number of H-pyrrole nitrogens is 1. The second kappa shape index (κ2) is 9.02. The Bertz CT molecular complexity index is 1080. The van der Waals surface area contributed by atoms with Gasteiger partial charge in [-0.25, -0.2) is 4.68 Å². The van der Waals surface area contributed by atoms with Crippen molar-refractivity contribution in [3.63, 3.8) is 0 Å². The molecule has 30 heavy (non-hydrogen) atoms. The molecule has 0 aliphatic carbocycles. The van der Waals surface area contributed by atoms with Crippen LogP contribution < -0.4 is 4.90 Å². The van der Waals surface area contributed by atoms with E-state index in [0.717, 1.165) is 43.3 Å². The van der Waals surface area contributed by atoms with Gasteiger partial charge >= 0.3 is 0 Å². The second-order valence-corrected chi connectivity index (χ2v) is 7.45. The minimum absolute atomic E-state index is 0.114. The van der Waals surface area contributed by atoms with Crippen molar-refractivity contribution in [3.8, 4) is 0 Å². The van der Waals surface area contributed by atoms with Crippen molar-refractivity contribution in [2.75, 3.05) is 31.1 Å². The van der Waals surface area contributed by atoms with Crippen LogP contribution in [0, 0.1) is 14.9 Å². The number of nitrogens with one attached hydrogen (secondary N) is 1. The zero-order chi connectivity index (χ0) is 20.9. The number of rotatable bonds is 6. The fourth-order valence-electron chi connectivity index (χ4n) is 3.42. The molecule has 4 rings (SSSR count). The van der Waals surface area contributed by atoms with Crippen LogP contribution in [0.2, 0.25) is 0 Å². The molecule has 0 radical (unpaired) electrons. The maximum absolute atomic E-state index is 10.8. The predicted molar refractivity (Wildman–Crippen MR) is 120 cm³/mol. The van der Waals surface area contributed by atoms with Gasteiger partial charge in [0.05, 0.1) is 11.6 Å². The molecular formula is C21H22N6O2S. The van der Waals surface area contributed by atoms with Crippen LogP contribution in [0.5, 0.6) is 0 Å². The first-order chi connectivity index (χ1) is 14.6. The Hall–Kier alpha value is -3.30. The summed E-state index contributed by atoms with van der Waals surface area (Å²) in [6.45, 7) is 4.08. The number of hydrogen-bond acceptors (Lipinski definition) is 6. The Morgan fingerprint density at radius 1 is 1.03 bits per heavy atom. The number of nitrogens with zero attached hydrogens (tertiary/aromatic N) is 5. The summed E-state index contributed by atoms with van der Waals surface area (Å²) in [5, 5.41) is 14.1. The first-order valence-electron chi connectivity index (χ1n) is 9.70. The van der Waals surface area contributed by atoms with E-state index < -0.39 is 0 Å². The number of nitro groups is 1. The highest BCUT2D eigenvalue weighted by atomic mass is 32.1. The molecule has 1 saturated heterocycles. The lowest BCUT2D eigenvalue weighted by atomic mass is 10.2. The molecule has 3 aromatic rings. The Morgan fingerprint density at radius 3 is 2.40 bits per heavy atom. The van der Waals surface area contributed by atoms with E-state index >= 15 is 0 Å². The fraction of sp³-hybridized carbons (Fsp3) is 0.238. The molecule has 1 aliphatic heterocycles. The first-order valence-corrected chi connectivity index (χ1v) is 10.1. The van der Waals surface area contributed by atoms with Crippen molar-refractivity contribution in [3.05, 3.63) is 80.9 Å². The van der Waals surface area contributed by atoms with Crippen LogP contribution in [0.4, 0.5) is 11.4 Å². The first kappa shape index (κ1) is 20.0. The molecule has 0 atom stereocenters. The average molecular weight is 423 g/mol. The number of hydrogen-bond donors (Lipinski definition) is 1. The fourth-order valence-corrected chi connectivity index (χ4v) is 3.62. The lowest BCUT2D eigenvalue weighted by molar-refractivity contribution is -0.384. The number of aromatic nitrogens is 3. The lowest BCUT2D eigenvalue weighted by Crippen LogP contribution is -2.46. The summed E-state index contributed by atoms with van der Waals surface area (Å²) in [6, 6.07) is 16.8. The van der Waals surface area contributed by atoms with Crippen molar-refractivity contribution in [2.24, 2.45) is 0 Å². The third-order valence-electron chi connectivity index (χ3n) is 5.07. The molecule has 0 saturated carbocycles. The summed E-state index contributed by atoms with van der Waals surface area (Å²) in [7, 11) is 0. The second-order valence-electron chi connectivity index (χ2n) is 7.08. The third kappa shape index (κ3) is 4.81. The highest BCUT2D eigenvalue weighted by molar-refractivity contribution is 7.71. The van der Waals surface area contributed by atoms with Crippen LogP contribution in [0.1, 0.15) is 11.4 Å². The minimum atomic E-state index is -0.376. The van der Waals surface area contributed by atoms with Gasteiger partial charge in [0.1, 0.15) is 5.82 Å². The van der Waals surface area contributed by atoms with Crippen molar-refractivity contribution in [2.45, 2.75) is 6.67 Å². The zero-order valence-electron chi connectivity index (χ0n) is 16.3. The summed E-state index contributed by atoms with van der Waals surface area (Å²) in [5.74, 6) is 0.730. The smallest absolute Gasteiger partial charge is 0.269 e. The van der Waals surface area contributed by atoms with E-state index in [1.165, 1.54) is 0 Å². The van der Waals surface area contributed by atoms with Crippen LogP contribution in [0.15, 0.2) is 54.6 Å². The minimum Gasteiger partial charge on any atom is -0.369 e. The zero-order valence-corrected chi connectivity index (χ0v) is 17.2. The summed E-state index contributed by atoms with van der Waals surface area (Å²) < 4.78 is 2.40. The summed E-state index contributed by atoms with van der Waals surface area (Å²) >= 11 is 5.40. The van der Waals surface area contributed by atoms with Gasteiger partial charge in [0.15, 0.2) is 0 Å². The Balaban J connectivity index is 1.34. The SMILES string of the molecule is O=[N+]([O-])c1ccc(N2CCN(Cn3[nH]c(/C=C/c4ccccc4)nc3=S)CC2)cc1. The standard InChI is InChI=1S/C21H22N6O2S/c28-27(29)19-9-7-18(8-10-19)25-14-12-24(13-15-25)16-26-21(30)22-20(23-26)11-6-17-4-2-1-3-5-17/h1-11H,12-16H2,(H,22,23,30)/b11-6+. The van der Waals surface area contributed by atoms with E-state index in [0.29, 0.717) is 11.4 Å². The molecule has 1 N–H and O–H groups in total. The average Bonchev–Trinajstić information content (AvgIpc) is 3.13. The van der Waals surface area contributed by atoms with Gasteiger partial charge in [0.2, 0.25) is 4.77 Å². The quantitative estimate of drug-likeness (QED) is 0.370. The molecule has 0 unspecified atom stereocenters. The van der Waals surface area contributed by atoms with Crippen LogP contribution in [0.3, 0.4) is 0 Å². The summed E-state index contributed by atoms with van der Waals surface area (Å²) in [6.07, 6.45) is 3.93. The number of benzene rings is 2. The van der Waals surface area contributed by atoms with Gasteiger partial charge in [-0.2, -0.15) is 4.98 Å². The van der Waals surface area contributed by atoms with E-state index in [-0.39, 0.29) is 10.6 Å². The monoisotopic (exact) mass is 422 g/mol. The van der Waals surface area contributed by atoms with Gasteiger partial charge in [0, 0.05) is 44.0 Å². The van der Waals surface area contributed by atoms with Crippen LogP contribution in [-0.2, 0) is 6.67 Å². The van der Waals surface area contributed by atoms with Gasteiger partial charge in [-0.15, -0.1) is 0 Å². The van der Waals surface area contributed by atoms with Crippen molar-refractivity contribution < 1.29 is 4.92 Å². The number of nitro benzene ring substituents is 1. The van der Waals surface area contributed by atoms with E-state index in [9.17, 15) is 10.1 Å². The highest BCUT2D eigenvalue weighted by Gasteiger charge is 2.18. The third-order valence-corrected chi connectivity index (χ3v) is 5.38. The highest BCUT2D eigenvalue weighted by Crippen LogP contribution is 2.20. The number of non-ortho nitro benzene ring substituents is 1. The molecule has 1 aromatic heterocycles. The van der Waals surface area contributed by atoms with Crippen LogP contribution >= 0.6 is 12.2 Å². The van der Waals surface area contributed by atoms with Gasteiger partial charge < -0.3 is 4.90 Å². The Kier molecular flexibility index (Phi) is 6.01. The van der Waals surface area contributed by atoms with Crippen molar-refractivity contribution in [1.82, 2.24) is 19.7 Å². The molecule has 2 aromatic carbocycles. The number of anilines is 1. The van der Waals surface area contributed by atoms with Crippen LogP contribution in [-0.4, -0.2) is 50.8 Å². The molecule has 0 spiro atoms. The maximum atomic E-state index is 10.8. The molecule has 0 amide bonds. The number of piperazine rings is 1. The van der Waals surface area contributed by atoms with Crippen LogP contribution in [0.25, 0.3) is 12.2 Å². The summed E-state index contributed by atoms with van der Waals surface area (Å²) in [5.41, 5.74) is 2.23. The molecule has 9 heteroatoms. The summed E-state index contributed by atoms with van der Waals surface area (Å²) in [4.78, 5) is 19.4. The topological polar surface area (TPSA) is 83.2 Å². The predicted octanol–water partition coefficient (Wildman–Crippen LogP) is 3.80. The van der Waals surface area contributed by atoms with Gasteiger partial charge in [0.25, 0.3) is 5.69 Å². The van der Waals surface area contributed by atoms with Crippen molar-refractivity contribution >= 4 is 35.7 Å². The Labute approximate surface area is 179 Å². The van der Waals surface area contributed by atoms with Gasteiger partial charge in [-0.1, -0.05) is 36.4 Å². The molecule has 8 nitrogen and oxygen atoms in total. The normalized spacial score (nSPS) is 15.0. The van der Waals surface area contributed by atoms with E-state index in [1.54, 1.807) is 12.1 Å². The maximum Gasteiger partial charge on any atom is 0.269 e. The van der Waals surface area contributed by atoms with Gasteiger partial charge in [-0.3, -0.25) is 20.1 Å². The molecular weight excluding hydrogens is 400 g/mol. The molecule has 2 heterocycles. The van der Waals surface area contributed by atoms with E-state index in [2.05, 4.69) is 19.9 Å². The largest absolute Gasteiger partial charge is 0.369 e. The number of aromatic amines is 1. The lowest BCUT2D eigenvalue weighted by Gasteiger charge is -2.35. The van der Waals surface area contributed by atoms with E-state index in [4.69, 9.17) is 12.2 Å². The molecule has 1 aliphatic rings. The van der Waals surface area contributed by atoms with Crippen molar-refractivity contribution in [1.29, 1.82) is 0 Å². The molecule has 154 valence electrons. The van der Waals surface area contributed by atoms with E-state index in [1.807, 2.05) is 59.3 Å². The molecule has 1 fully saturated rings.